The zero-order valence-electron chi connectivity index (χ0n) is 15.8. The number of carbonyl (C=O) groups excluding carboxylic acids is 1. The summed E-state index contributed by atoms with van der Waals surface area (Å²) >= 11 is 7.64. The van der Waals surface area contributed by atoms with E-state index in [1.54, 1.807) is 11.3 Å². The molecule has 1 amide bonds. The van der Waals surface area contributed by atoms with Crippen molar-refractivity contribution in [2.24, 2.45) is 0 Å². The average Bonchev–Trinajstić information content (AvgIpc) is 3.29. The van der Waals surface area contributed by atoms with Gasteiger partial charge in [0.25, 0.3) is 0 Å². The fourth-order valence-corrected chi connectivity index (χ4v) is 4.31. The molecule has 1 aliphatic rings. The van der Waals surface area contributed by atoms with Gasteiger partial charge in [-0.2, -0.15) is 0 Å². The Labute approximate surface area is 169 Å². The molecule has 0 bridgehead atoms. The van der Waals surface area contributed by atoms with Crippen LogP contribution in [0.25, 0.3) is 5.57 Å². The van der Waals surface area contributed by atoms with Gasteiger partial charge < -0.3 is 10.6 Å². The first-order valence-corrected chi connectivity index (χ1v) is 10.3. The molecule has 4 nitrogen and oxygen atoms in total. The number of amides is 1. The lowest BCUT2D eigenvalue weighted by Crippen LogP contribution is -2.35. The first-order chi connectivity index (χ1) is 13.0. The van der Waals surface area contributed by atoms with Crippen LogP contribution in [-0.2, 0) is 11.2 Å². The van der Waals surface area contributed by atoms with Crippen LogP contribution in [0.3, 0.4) is 0 Å². The van der Waals surface area contributed by atoms with E-state index in [1.165, 1.54) is 4.88 Å². The Morgan fingerprint density at radius 2 is 2.04 bits per heavy atom. The van der Waals surface area contributed by atoms with Crippen LogP contribution >= 0.6 is 22.9 Å². The van der Waals surface area contributed by atoms with Crippen molar-refractivity contribution in [1.29, 1.82) is 0 Å². The van der Waals surface area contributed by atoms with E-state index in [4.69, 9.17) is 11.6 Å². The number of rotatable bonds is 7. The maximum absolute atomic E-state index is 12.8. The van der Waals surface area contributed by atoms with Crippen LogP contribution in [-0.4, -0.2) is 24.5 Å². The van der Waals surface area contributed by atoms with Gasteiger partial charge in [0.1, 0.15) is 5.01 Å². The SMILES string of the molecule is CCc1sc(C(CNC)NC(=O)C2=CC=C(c3ccc(Cl)cc3)C2)nc1C. The molecule has 1 unspecified atom stereocenters. The minimum Gasteiger partial charge on any atom is -0.342 e. The van der Waals surface area contributed by atoms with Gasteiger partial charge in [-0.1, -0.05) is 42.8 Å². The number of hydrogen-bond donors (Lipinski definition) is 2. The van der Waals surface area contributed by atoms with Crippen molar-refractivity contribution in [3.8, 4) is 0 Å². The van der Waals surface area contributed by atoms with Crippen molar-refractivity contribution in [3.63, 3.8) is 0 Å². The Kier molecular flexibility index (Phi) is 6.47. The van der Waals surface area contributed by atoms with Crippen molar-refractivity contribution in [1.82, 2.24) is 15.6 Å². The standard InChI is InChI=1S/C21H24ClN3OS/c1-4-19-13(2)24-21(27-19)18(12-23-3)25-20(26)16-6-5-15(11-16)14-7-9-17(22)10-8-14/h5-10,18,23H,4,11-12H2,1-3H3,(H,25,26). The highest BCUT2D eigenvalue weighted by Crippen LogP contribution is 2.30. The van der Waals surface area contributed by atoms with Gasteiger partial charge in [0.15, 0.2) is 0 Å². The molecule has 0 radical (unpaired) electrons. The molecule has 0 saturated heterocycles. The summed E-state index contributed by atoms with van der Waals surface area (Å²) in [5.41, 5.74) is 4.04. The number of nitrogens with one attached hydrogen (secondary N) is 2. The van der Waals surface area contributed by atoms with Gasteiger partial charge in [-0.05, 0) is 43.7 Å². The number of thiazole rings is 1. The van der Waals surface area contributed by atoms with Gasteiger partial charge in [0, 0.05) is 28.4 Å². The molecule has 1 heterocycles. The van der Waals surface area contributed by atoms with Crippen molar-refractivity contribution in [2.75, 3.05) is 13.6 Å². The minimum atomic E-state index is -0.132. The molecule has 1 aromatic heterocycles. The van der Waals surface area contributed by atoms with Crippen molar-refractivity contribution < 1.29 is 4.79 Å². The minimum absolute atomic E-state index is 0.0404. The van der Waals surface area contributed by atoms with Crippen LogP contribution in [0.4, 0.5) is 0 Å². The predicted molar refractivity (Wildman–Crippen MR) is 113 cm³/mol. The normalized spacial score (nSPS) is 14.7. The van der Waals surface area contributed by atoms with Crippen LogP contribution in [0.2, 0.25) is 5.02 Å². The number of halogens is 1. The third-order valence-electron chi connectivity index (χ3n) is 4.62. The highest BCUT2D eigenvalue weighted by molar-refractivity contribution is 7.11. The molecule has 2 N–H and O–H groups in total. The summed E-state index contributed by atoms with van der Waals surface area (Å²) in [6.45, 7) is 4.80. The second-order valence-corrected chi connectivity index (χ2v) is 8.12. The first kappa shape index (κ1) is 19.8. The molecule has 142 valence electrons. The van der Waals surface area contributed by atoms with Crippen molar-refractivity contribution >= 4 is 34.4 Å². The van der Waals surface area contributed by atoms with E-state index in [0.29, 0.717) is 18.0 Å². The largest absolute Gasteiger partial charge is 0.342 e. The number of nitrogens with zero attached hydrogens (tertiary/aromatic N) is 1. The lowest BCUT2D eigenvalue weighted by atomic mass is 10.0. The average molecular weight is 402 g/mol. The molecular formula is C21H24ClN3OS. The summed E-state index contributed by atoms with van der Waals surface area (Å²) in [5, 5.41) is 7.97. The predicted octanol–water partition coefficient (Wildman–Crippen LogP) is 4.46. The van der Waals surface area contributed by atoms with E-state index >= 15 is 0 Å². The number of aromatic nitrogens is 1. The Balaban J connectivity index is 1.67. The topological polar surface area (TPSA) is 54.0 Å². The molecule has 0 saturated carbocycles. The van der Waals surface area contributed by atoms with Crippen LogP contribution in [0, 0.1) is 6.92 Å². The van der Waals surface area contributed by atoms with E-state index in [9.17, 15) is 4.79 Å². The van der Waals surface area contributed by atoms with Gasteiger partial charge >= 0.3 is 0 Å². The molecule has 1 atom stereocenters. The summed E-state index contributed by atoms with van der Waals surface area (Å²) < 4.78 is 0. The molecule has 2 aromatic rings. The summed E-state index contributed by atoms with van der Waals surface area (Å²) in [6.07, 6.45) is 5.49. The number of aryl methyl sites for hydroxylation is 2. The Morgan fingerprint density at radius 3 is 2.67 bits per heavy atom. The Bertz CT molecular complexity index is 883. The summed E-state index contributed by atoms with van der Waals surface area (Å²) in [5.74, 6) is -0.0404. The van der Waals surface area contributed by atoms with Gasteiger partial charge in [0.05, 0.1) is 11.7 Å². The molecule has 0 fully saturated rings. The molecule has 0 spiro atoms. The fourth-order valence-electron chi connectivity index (χ4n) is 3.13. The van der Waals surface area contributed by atoms with Gasteiger partial charge in [0.2, 0.25) is 5.91 Å². The van der Waals surface area contributed by atoms with Crippen LogP contribution in [0.15, 0.2) is 42.0 Å². The second kappa shape index (κ2) is 8.83. The van der Waals surface area contributed by atoms with Gasteiger partial charge in [-0.3, -0.25) is 4.79 Å². The maximum Gasteiger partial charge on any atom is 0.248 e. The smallest absolute Gasteiger partial charge is 0.248 e. The number of hydrogen-bond acceptors (Lipinski definition) is 4. The van der Waals surface area contributed by atoms with E-state index in [2.05, 4.69) is 22.5 Å². The monoisotopic (exact) mass is 401 g/mol. The summed E-state index contributed by atoms with van der Waals surface area (Å²) in [7, 11) is 1.88. The maximum atomic E-state index is 12.8. The van der Waals surface area contributed by atoms with E-state index in [0.717, 1.165) is 33.8 Å². The second-order valence-electron chi connectivity index (χ2n) is 6.57. The fraction of sp³-hybridized carbons (Fsp3) is 0.333. The zero-order chi connectivity index (χ0) is 19.4. The third-order valence-corrected chi connectivity index (χ3v) is 6.28. The van der Waals surface area contributed by atoms with E-state index in [1.807, 2.05) is 50.4 Å². The Morgan fingerprint density at radius 1 is 1.30 bits per heavy atom. The number of benzene rings is 1. The summed E-state index contributed by atoms with van der Waals surface area (Å²) in [4.78, 5) is 18.8. The van der Waals surface area contributed by atoms with Crippen LogP contribution < -0.4 is 10.6 Å². The number of allylic oxidation sites excluding steroid dienone is 3. The number of carbonyl (C=O) groups is 1. The third kappa shape index (κ3) is 4.67. The lowest BCUT2D eigenvalue weighted by molar-refractivity contribution is -0.118. The molecule has 6 heteroatoms. The van der Waals surface area contributed by atoms with Gasteiger partial charge in [-0.15, -0.1) is 11.3 Å². The quantitative estimate of drug-likeness (QED) is 0.720. The number of likely N-dealkylation sites (N-methyl/N-ethyl adjacent to an activating group) is 1. The molecule has 0 aliphatic heterocycles. The van der Waals surface area contributed by atoms with Crippen LogP contribution in [0.5, 0.6) is 0 Å². The molecule has 3 rings (SSSR count). The van der Waals surface area contributed by atoms with E-state index in [-0.39, 0.29) is 11.9 Å². The molecule has 1 aromatic carbocycles. The lowest BCUT2D eigenvalue weighted by Gasteiger charge is -2.17. The Hall–Kier alpha value is -1.95. The molecule has 1 aliphatic carbocycles. The van der Waals surface area contributed by atoms with Crippen LogP contribution in [0.1, 0.15) is 40.5 Å². The first-order valence-electron chi connectivity index (χ1n) is 9.09. The molecule has 27 heavy (non-hydrogen) atoms. The molecular weight excluding hydrogens is 378 g/mol. The van der Waals surface area contributed by atoms with Crippen molar-refractivity contribution in [3.05, 3.63) is 68.2 Å². The highest BCUT2D eigenvalue weighted by atomic mass is 35.5. The van der Waals surface area contributed by atoms with Crippen molar-refractivity contribution in [2.45, 2.75) is 32.7 Å². The zero-order valence-corrected chi connectivity index (χ0v) is 17.4. The van der Waals surface area contributed by atoms with E-state index < -0.39 is 0 Å². The highest BCUT2D eigenvalue weighted by Gasteiger charge is 2.23. The van der Waals surface area contributed by atoms with Gasteiger partial charge in [-0.25, -0.2) is 4.98 Å². The summed E-state index contributed by atoms with van der Waals surface area (Å²) in [6, 6.07) is 7.57.